The second-order valence-corrected chi connectivity index (χ2v) is 6.40. The van der Waals surface area contributed by atoms with E-state index < -0.39 is 0 Å². The van der Waals surface area contributed by atoms with E-state index in [2.05, 4.69) is 5.32 Å². The quantitative estimate of drug-likeness (QED) is 0.816. The smallest absolute Gasteiger partial charge is 0.220 e. The molecular weight excluding hydrogens is 286 g/mol. The zero-order chi connectivity index (χ0) is 15.1. The Hall–Kier alpha value is -1.22. The van der Waals surface area contributed by atoms with Gasteiger partial charge in [-0.25, -0.2) is 0 Å². The minimum atomic E-state index is 0.127. The molecule has 1 fully saturated rings. The summed E-state index contributed by atoms with van der Waals surface area (Å²) in [5.41, 5.74) is 1.16. The van der Waals surface area contributed by atoms with Crippen molar-refractivity contribution >= 4 is 17.5 Å². The van der Waals surface area contributed by atoms with Gasteiger partial charge in [0.1, 0.15) is 5.75 Å². The molecule has 2 rings (SSSR count). The molecule has 1 aromatic carbocycles. The van der Waals surface area contributed by atoms with Crippen molar-refractivity contribution in [3.8, 4) is 5.75 Å². The molecule has 1 aliphatic rings. The van der Waals surface area contributed by atoms with Crippen LogP contribution in [0.5, 0.6) is 5.75 Å². The number of carbonyl (C=O) groups excluding carboxylic acids is 1. The molecule has 0 bridgehead atoms. The van der Waals surface area contributed by atoms with Crippen LogP contribution in [0, 0.1) is 5.92 Å². The summed E-state index contributed by atoms with van der Waals surface area (Å²) in [4.78, 5) is 11.9. The normalized spacial score (nSPS) is 21.8. The Morgan fingerprint density at radius 3 is 2.76 bits per heavy atom. The van der Waals surface area contributed by atoms with Crippen LogP contribution in [0.25, 0.3) is 0 Å². The first-order valence-electron chi connectivity index (χ1n) is 7.71. The van der Waals surface area contributed by atoms with E-state index in [1.807, 2.05) is 24.3 Å². The predicted molar refractivity (Wildman–Crippen MR) is 85.9 cm³/mol. The summed E-state index contributed by atoms with van der Waals surface area (Å²) in [5, 5.41) is 3.34. The van der Waals surface area contributed by atoms with E-state index in [1.54, 1.807) is 7.11 Å². The molecule has 1 amide bonds. The fourth-order valence-corrected chi connectivity index (χ4v) is 3.21. The van der Waals surface area contributed by atoms with Crippen molar-refractivity contribution in [3.63, 3.8) is 0 Å². The van der Waals surface area contributed by atoms with Crippen LogP contribution in [0.3, 0.4) is 0 Å². The fourth-order valence-electron chi connectivity index (χ4n) is 2.81. The van der Waals surface area contributed by atoms with Gasteiger partial charge in [0.25, 0.3) is 0 Å². The summed E-state index contributed by atoms with van der Waals surface area (Å²) in [7, 11) is 1.65. The maximum Gasteiger partial charge on any atom is 0.220 e. The molecule has 1 N–H and O–H groups in total. The molecule has 21 heavy (non-hydrogen) atoms. The predicted octanol–water partition coefficient (Wildman–Crippen LogP) is 3.54. The Morgan fingerprint density at radius 1 is 1.33 bits per heavy atom. The number of halogens is 1. The summed E-state index contributed by atoms with van der Waals surface area (Å²) in [6.07, 6.45) is 5.80. The number of carbonyl (C=O) groups is 1. The summed E-state index contributed by atoms with van der Waals surface area (Å²) >= 11 is 6.17. The van der Waals surface area contributed by atoms with Crippen LogP contribution < -0.4 is 10.1 Å². The molecule has 1 aromatic rings. The van der Waals surface area contributed by atoms with Crippen LogP contribution in [0.4, 0.5) is 0 Å². The number of benzene rings is 1. The van der Waals surface area contributed by atoms with Gasteiger partial charge in [0.2, 0.25) is 5.91 Å². The molecule has 2 unspecified atom stereocenters. The number of methoxy groups -OCH3 is 1. The van der Waals surface area contributed by atoms with Gasteiger partial charge in [-0.1, -0.05) is 18.6 Å². The number of nitrogens with one attached hydrogen (secondary N) is 1. The Kier molecular flexibility index (Phi) is 6.37. The lowest BCUT2D eigenvalue weighted by Crippen LogP contribution is -2.32. The van der Waals surface area contributed by atoms with Crippen LogP contribution in [-0.2, 0) is 11.2 Å². The number of aryl methyl sites for hydroxylation is 1. The Balaban J connectivity index is 1.67. The standard InChI is InChI=1S/C17H24ClNO2/c1-21-16-8-5-13(6-9-16)7-10-17(20)19-12-14-3-2-4-15(18)11-14/h5-6,8-9,14-15H,2-4,7,10-12H2,1H3,(H,19,20). The third kappa shape index (κ3) is 5.58. The highest BCUT2D eigenvalue weighted by Crippen LogP contribution is 2.27. The largest absolute Gasteiger partial charge is 0.497 e. The van der Waals surface area contributed by atoms with Crippen molar-refractivity contribution in [1.29, 1.82) is 0 Å². The summed E-state index contributed by atoms with van der Waals surface area (Å²) < 4.78 is 5.12. The molecule has 3 nitrogen and oxygen atoms in total. The Bertz CT molecular complexity index is 447. The first-order valence-corrected chi connectivity index (χ1v) is 8.14. The van der Waals surface area contributed by atoms with E-state index in [9.17, 15) is 4.79 Å². The fraction of sp³-hybridized carbons (Fsp3) is 0.588. The van der Waals surface area contributed by atoms with Crippen molar-refractivity contribution in [2.75, 3.05) is 13.7 Å². The molecule has 0 saturated heterocycles. The number of ether oxygens (including phenoxy) is 1. The van der Waals surface area contributed by atoms with Crippen LogP contribution in [-0.4, -0.2) is 24.9 Å². The molecule has 116 valence electrons. The highest BCUT2D eigenvalue weighted by molar-refractivity contribution is 6.20. The summed E-state index contributed by atoms with van der Waals surface area (Å²) in [6, 6.07) is 7.86. The first-order chi connectivity index (χ1) is 10.2. The van der Waals surface area contributed by atoms with Gasteiger partial charge < -0.3 is 10.1 Å². The summed E-state index contributed by atoms with van der Waals surface area (Å²) in [5.74, 6) is 1.52. The second kappa shape index (κ2) is 8.28. The highest BCUT2D eigenvalue weighted by Gasteiger charge is 2.20. The monoisotopic (exact) mass is 309 g/mol. The molecular formula is C17H24ClNO2. The zero-order valence-corrected chi connectivity index (χ0v) is 13.4. The van der Waals surface area contributed by atoms with Gasteiger partial charge >= 0.3 is 0 Å². The average molecular weight is 310 g/mol. The Morgan fingerprint density at radius 2 is 2.10 bits per heavy atom. The lowest BCUT2D eigenvalue weighted by molar-refractivity contribution is -0.121. The molecule has 0 aliphatic heterocycles. The number of alkyl halides is 1. The van der Waals surface area contributed by atoms with Gasteiger partial charge in [0.15, 0.2) is 0 Å². The van der Waals surface area contributed by atoms with E-state index in [0.717, 1.165) is 37.1 Å². The molecule has 0 spiro atoms. The van der Waals surface area contributed by atoms with Gasteiger partial charge in [0, 0.05) is 18.3 Å². The molecule has 0 aromatic heterocycles. The minimum Gasteiger partial charge on any atom is -0.497 e. The maximum atomic E-state index is 11.9. The van der Waals surface area contributed by atoms with Crippen molar-refractivity contribution < 1.29 is 9.53 Å². The summed E-state index contributed by atoms with van der Waals surface area (Å²) in [6.45, 7) is 0.769. The lowest BCUT2D eigenvalue weighted by Gasteiger charge is -2.25. The maximum absolute atomic E-state index is 11.9. The third-order valence-corrected chi connectivity index (χ3v) is 4.50. The number of hydrogen-bond acceptors (Lipinski definition) is 2. The van der Waals surface area contributed by atoms with E-state index in [-0.39, 0.29) is 5.91 Å². The van der Waals surface area contributed by atoms with Gasteiger partial charge in [-0.15, -0.1) is 11.6 Å². The van der Waals surface area contributed by atoms with Gasteiger partial charge in [0.05, 0.1) is 7.11 Å². The Labute approximate surface area is 132 Å². The van der Waals surface area contributed by atoms with Crippen LogP contribution in [0.1, 0.15) is 37.7 Å². The number of hydrogen-bond donors (Lipinski definition) is 1. The topological polar surface area (TPSA) is 38.3 Å². The van der Waals surface area contributed by atoms with Crippen molar-refractivity contribution in [2.24, 2.45) is 5.92 Å². The molecule has 2 atom stereocenters. The molecule has 0 radical (unpaired) electrons. The third-order valence-electron chi connectivity index (χ3n) is 4.11. The van der Waals surface area contributed by atoms with Crippen LogP contribution >= 0.6 is 11.6 Å². The van der Waals surface area contributed by atoms with E-state index in [0.29, 0.717) is 17.7 Å². The van der Waals surface area contributed by atoms with Crippen molar-refractivity contribution in [1.82, 2.24) is 5.32 Å². The molecule has 1 saturated carbocycles. The number of amides is 1. The van der Waals surface area contributed by atoms with Gasteiger partial charge in [-0.05, 0) is 49.3 Å². The number of rotatable bonds is 6. The van der Waals surface area contributed by atoms with Crippen LogP contribution in [0.2, 0.25) is 0 Å². The second-order valence-electron chi connectivity index (χ2n) is 5.78. The van der Waals surface area contributed by atoms with E-state index >= 15 is 0 Å². The molecule has 1 aliphatic carbocycles. The van der Waals surface area contributed by atoms with Gasteiger partial charge in [-0.3, -0.25) is 4.79 Å². The van der Waals surface area contributed by atoms with E-state index in [1.165, 1.54) is 12.8 Å². The highest BCUT2D eigenvalue weighted by atomic mass is 35.5. The zero-order valence-electron chi connectivity index (χ0n) is 12.6. The molecule has 0 heterocycles. The molecule has 4 heteroatoms. The van der Waals surface area contributed by atoms with Crippen molar-refractivity contribution in [3.05, 3.63) is 29.8 Å². The van der Waals surface area contributed by atoms with Crippen molar-refractivity contribution in [2.45, 2.75) is 43.9 Å². The van der Waals surface area contributed by atoms with Crippen LogP contribution in [0.15, 0.2) is 24.3 Å². The first kappa shape index (κ1) is 16.2. The van der Waals surface area contributed by atoms with E-state index in [4.69, 9.17) is 16.3 Å². The minimum absolute atomic E-state index is 0.127. The SMILES string of the molecule is COc1ccc(CCC(=O)NCC2CCCC(Cl)C2)cc1. The average Bonchev–Trinajstić information content (AvgIpc) is 2.51. The van der Waals surface area contributed by atoms with Gasteiger partial charge in [-0.2, -0.15) is 0 Å². The lowest BCUT2D eigenvalue weighted by atomic mass is 9.89.